The van der Waals surface area contributed by atoms with E-state index in [0.717, 1.165) is 11.3 Å². The highest BCUT2D eigenvalue weighted by atomic mass is 16.7. The third-order valence-corrected chi connectivity index (χ3v) is 5.00. The number of hydrogen-bond donors (Lipinski definition) is 1. The van der Waals surface area contributed by atoms with Crippen molar-refractivity contribution < 1.29 is 28.2 Å². The molecule has 0 fully saturated rings. The van der Waals surface area contributed by atoms with Crippen molar-refractivity contribution in [2.75, 3.05) is 31.9 Å². The van der Waals surface area contributed by atoms with Crippen LogP contribution in [0, 0.1) is 0 Å². The van der Waals surface area contributed by atoms with Crippen LogP contribution in [0.15, 0.2) is 65.3 Å². The molecule has 0 atom stereocenters. The zero-order valence-electron chi connectivity index (χ0n) is 18.4. The molecule has 1 aliphatic rings. The van der Waals surface area contributed by atoms with Gasteiger partial charge >= 0.3 is 6.01 Å². The van der Waals surface area contributed by atoms with Crippen LogP contribution in [0.1, 0.15) is 17.5 Å². The number of ether oxygens (including phenoxy) is 4. The first-order valence-electron chi connectivity index (χ1n) is 10.7. The second-order valence-electron chi connectivity index (χ2n) is 7.22. The van der Waals surface area contributed by atoms with E-state index >= 15 is 0 Å². The Bertz CT molecular complexity index is 1270. The molecule has 2 aromatic carbocycles. The monoisotopic (exact) mass is 462 g/mol. The summed E-state index contributed by atoms with van der Waals surface area (Å²) in [6.07, 6.45) is 1.45. The van der Waals surface area contributed by atoms with Gasteiger partial charge in [-0.1, -0.05) is 0 Å². The van der Waals surface area contributed by atoms with Crippen molar-refractivity contribution in [3.05, 3.63) is 66.6 Å². The molecule has 0 bridgehead atoms. The van der Waals surface area contributed by atoms with Gasteiger partial charge in [0.1, 0.15) is 6.61 Å². The fourth-order valence-electron chi connectivity index (χ4n) is 3.38. The maximum absolute atomic E-state index is 12.2. The third-order valence-electron chi connectivity index (χ3n) is 5.00. The summed E-state index contributed by atoms with van der Waals surface area (Å²) in [7, 11) is 0. The number of aromatic nitrogens is 3. The zero-order valence-corrected chi connectivity index (χ0v) is 18.4. The van der Waals surface area contributed by atoms with E-state index in [1.54, 1.807) is 28.9 Å². The molecule has 10 nitrogen and oxygen atoms in total. The number of rotatable bonds is 9. The summed E-state index contributed by atoms with van der Waals surface area (Å²) in [6.45, 7) is 3.48. The number of fused-ring (bicyclic) bond motifs is 1. The van der Waals surface area contributed by atoms with Gasteiger partial charge in [0.05, 0.1) is 18.6 Å². The molecule has 0 saturated heterocycles. The van der Waals surface area contributed by atoms with E-state index in [-0.39, 0.29) is 24.5 Å². The van der Waals surface area contributed by atoms with E-state index in [2.05, 4.69) is 15.4 Å². The quantitative estimate of drug-likeness (QED) is 0.373. The predicted molar refractivity (Wildman–Crippen MR) is 122 cm³/mol. The first-order valence-corrected chi connectivity index (χ1v) is 10.7. The Morgan fingerprint density at radius 1 is 1.09 bits per heavy atom. The van der Waals surface area contributed by atoms with Gasteiger partial charge in [0, 0.05) is 17.9 Å². The average molecular weight is 462 g/mol. The molecule has 10 heteroatoms. The maximum atomic E-state index is 12.2. The molecule has 0 aliphatic carbocycles. The van der Waals surface area contributed by atoms with E-state index in [1.807, 2.05) is 37.3 Å². The van der Waals surface area contributed by atoms with Crippen molar-refractivity contribution in [2.24, 2.45) is 0 Å². The second-order valence-corrected chi connectivity index (χ2v) is 7.22. The van der Waals surface area contributed by atoms with Crippen LogP contribution in [0.4, 0.5) is 5.69 Å². The Morgan fingerprint density at radius 2 is 1.94 bits per heavy atom. The summed E-state index contributed by atoms with van der Waals surface area (Å²) in [5.41, 5.74) is 2.13. The smallest absolute Gasteiger partial charge is 0.336 e. The first kappa shape index (κ1) is 21.5. The number of anilines is 1. The van der Waals surface area contributed by atoms with Crippen molar-refractivity contribution in [2.45, 2.75) is 6.92 Å². The van der Waals surface area contributed by atoms with Gasteiger partial charge in [-0.2, -0.15) is 4.98 Å². The molecule has 0 saturated carbocycles. The lowest BCUT2D eigenvalue weighted by atomic mass is 10.2. The fourth-order valence-corrected chi connectivity index (χ4v) is 3.38. The standard InChI is InChI=1S/C24H22N4O6/c1-2-30-12-13-32-24-26-22(16-5-10-19-21(14-16)34-15-33-19)28(27-24)18-8-6-17(7-9-18)25-23(29)20-4-3-11-31-20/h3-11,14H,2,12-13,15H2,1H3,(H,25,29). The molecule has 1 N–H and O–H groups in total. The Morgan fingerprint density at radius 3 is 2.74 bits per heavy atom. The van der Waals surface area contributed by atoms with Crippen molar-refractivity contribution in [3.63, 3.8) is 0 Å². The third kappa shape index (κ3) is 4.57. The normalized spacial score (nSPS) is 12.0. The summed E-state index contributed by atoms with van der Waals surface area (Å²) in [5.74, 6) is 1.79. The highest BCUT2D eigenvalue weighted by Gasteiger charge is 2.19. The Balaban J connectivity index is 1.42. The van der Waals surface area contributed by atoms with Crippen LogP contribution in [-0.4, -0.2) is 47.3 Å². The van der Waals surface area contributed by atoms with Crippen LogP contribution in [0.3, 0.4) is 0 Å². The fraction of sp³-hybridized carbons (Fsp3) is 0.208. The highest BCUT2D eigenvalue weighted by Crippen LogP contribution is 2.36. The molecule has 2 aromatic heterocycles. The SMILES string of the molecule is CCOCCOc1nc(-c2ccc3c(c2)OCO3)n(-c2ccc(NC(=O)c3ccco3)cc2)n1. The van der Waals surface area contributed by atoms with E-state index in [4.69, 9.17) is 23.4 Å². The van der Waals surface area contributed by atoms with Gasteiger partial charge in [0.2, 0.25) is 6.79 Å². The van der Waals surface area contributed by atoms with Crippen LogP contribution in [0.25, 0.3) is 17.1 Å². The zero-order chi connectivity index (χ0) is 23.3. The second kappa shape index (κ2) is 9.67. The minimum Gasteiger partial charge on any atom is -0.460 e. The number of nitrogens with one attached hydrogen (secondary N) is 1. The van der Waals surface area contributed by atoms with E-state index in [9.17, 15) is 4.79 Å². The molecule has 3 heterocycles. The molecule has 0 radical (unpaired) electrons. The minimum absolute atomic E-state index is 0.183. The van der Waals surface area contributed by atoms with Gasteiger partial charge in [-0.05, 0) is 61.5 Å². The molecule has 1 amide bonds. The van der Waals surface area contributed by atoms with Crippen LogP contribution in [0.2, 0.25) is 0 Å². The lowest BCUT2D eigenvalue weighted by Crippen LogP contribution is -2.11. The maximum Gasteiger partial charge on any atom is 0.336 e. The average Bonchev–Trinajstić information content (AvgIpc) is 3.63. The molecule has 5 rings (SSSR count). The topological polar surface area (TPSA) is 110 Å². The number of furan rings is 1. The van der Waals surface area contributed by atoms with Gasteiger partial charge in [-0.25, -0.2) is 4.68 Å². The molecule has 1 aliphatic heterocycles. The Kier molecular flexibility index (Phi) is 6.13. The molecule has 0 unspecified atom stereocenters. The molecule has 174 valence electrons. The van der Waals surface area contributed by atoms with Crippen molar-refractivity contribution in [3.8, 4) is 34.6 Å². The highest BCUT2D eigenvalue weighted by molar-refractivity contribution is 6.02. The van der Waals surface area contributed by atoms with E-state index in [1.165, 1.54) is 6.26 Å². The van der Waals surface area contributed by atoms with Gasteiger partial charge in [-0.15, -0.1) is 5.10 Å². The van der Waals surface area contributed by atoms with Crippen LogP contribution >= 0.6 is 0 Å². The molecule has 4 aromatic rings. The number of amides is 1. The van der Waals surface area contributed by atoms with Gasteiger partial charge in [0.15, 0.2) is 23.1 Å². The van der Waals surface area contributed by atoms with Crippen LogP contribution in [0.5, 0.6) is 17.5 Å². The summed E-state index contributed by atoms with van der Waals surface area (Å²) in [4.78, 5) is 16.8. The molecule has 0 spiro atoms. The lowest BCUT2D eigenvalue weighted by Gasteiger charge is -2.08. The molecule has 34 heavy (non-hydrogen) atoms. The molecular weight excluding hydrogens is 440 g/mol. The first-order chi connectivity index (χ1) is 16.7. The summed E-state index contributed by atoms with van der Waals surface area (Å²) in [5, 5.41) is 7.33. The van der Waals surface area contributed by atoms with Gasteiger partial charge in [0.25, 0.3) is 5.91 Å². The predicted octanol–water partition coefficient (Wildman–Crippen LogP) is 3.92. The van der Waals surface area contributed by atoms with Crippen molar-refractivity contribution in [1.82, 2.24) is 14.8 Å². The van der Waals surface area contributed by atoms with Gasteiger partial charge in [-0.3, -0.25) is 4.79 Å². The van der Waals surface area contributed by atoms with Crippen LogP contribution < -0.4 is 19.5 Å². The minimum atomic E-state index is -0.329. The van der Waals surface area contributed by atoms with Crippen molar-refractivity contribution in [1.29, 1.82) is 0 Å². The summed E-state index contributed by atoms with van der Waals surface area (Å²) < 4.78 is 28.7. The summed E-state index contributed by atoms with van der Waals surface area (Å²) in [6, 6.07) is 16.3. The Labute approximate surface area is 195 Å². The van der Waals surface area contributed by atoms with E-state index in [0.29, 0.717) is 42.8 Å². The van der Waals surface area contributed by atoms with Gasteiger partial charge < -0.3 is 28.7 Å². The van der Waals surface area contributed by atoms with Crippen LogP contribution in [-0.2, 0) is 4.74 Å². The molecular formula is C24H22N4O6. The number of nitrogens with zero attached hydrogens (tertiary/aromatic N) is 3. The number of carbonyl (C=O) groups excluding carboxylic acids is 1. The number of carbonyl (C=O) groups is 1. The van der Waals surface area contributed by atoms with E-state index < -0.39 is 0 Å². The number of benzene rings is 2. The number of hydrogen-bond acceptors (Lipinski definition) is 8. The lowest BCUT2D eigenvalue weighted by molar-refractivity contribution is 0.0996. The largest absolute Gasteiger partial charge is 0.460 e. The summed E-state index contributed by atoms with van der Waals surface area (Å²) >= 11 is 0. The van der Waals surface area contributed by atoms with Crippen molar-refractivity contribution >= 4 is 11.6 Å². The Hall–Kier alpha value is -4.31.